The van der Waals surface area contributed by atoms with Gasteiger partial charge >= 0.3 is 0 Å². The molecule has 11 aromatic rings. The molecule has 0 fully saturated rings. The number of hydrogen-bond donors (Lipinski definition) is 0. The van der Waals surface area contributed by atoms with Crippen LogP contribution in [0.3, 0.4) is 0 Å². The first kappa shape index (κ1) is 29.5. The third-order valence-electron chi connectivity index (χ3n) is 10.6. The molecule has 0 aliphatic carbocycles. The number of hydrogen-bond acceptors (Lipinski definition) is 2. The van der Waals surface area contributed by atoms with Gasteiger partial charge in [0.2, 0.25) is 5.89 Å². The minimum absolute atomic E-state index is 0.626. The monoisotopic (exact) mass is 677 g/mol. The Morgan fingerprint density at radius 2 is 0.868 bits per heavy atom. The van der Waals surface area contributed by atoms with Crippen LogP contribution in [0.4, 0.5) is 0 Å². The molecule has 0 atom stereocenters. The Balaban J connectivity index is 1.10. The lowest BCUT2D eigenvalue weighted by molar-refractivity contribution is 0.623. The highest BCUT2D eigenvalue weighted by molar-refractivity contribution is 6.20. The zero-order chi connectivity index (χ0) is 34.9. The minimum atomic E-state index is 0.626. The zero-order valence-electron chi connectivity index (χ0n) is 28.6. The van der Waals surface area contributed by atoms with Crippen LogP contribution in [-0.2, 0) is 0 Å². The summed E-state index contributed by atoms with van der Waals surface area (Å²) in [5, 5.41) is 4.65. The molecule has 4 heteroatoms. The summed E-state index contributed by atoms with van der Waals surface area (Å²) < 4.78 is 11.3. The second-order valence-corrected chi connectivity index (χ2v) is 13.6. The fraction of sp³-hybridized carbons (Fsp3) is 0. The fourth-order valence-corrected chi connectivity index (χ4v) is 8.09. The molecule has 0 radical (unpaired) electrons. The highest BCUT2D eigenvalue weighted by Gasteiger charge is 2.20. The quantitative estimate of drug-likeness (QED) is 0.182. The van der Waals surface area contributed by atoms with Crippen molar-refractivity contribution in [1.82, 2.24) is 14.1 Å². The molecule has 0 spiro atoms. The smallest absolute Gasteiger partial charge is 0.227 e. The van der Waals surface area contributed by atoms with E-state index in [2.05, 4.69) is 167 Å². The van der Waals surface area contributed by atoms with E-state index in [0.717, 1.165) is 61.0 Å². The molecule has 0 amide bonds. The molecule has 3 aromatic heterocycles. The molecule has 0 saturated heterocycles. The van der Waals surface area contributed by atoms with Crippen LogP contribution in [0.2, 0.25) is 0 Å². The predicted molar refractivity (Wildman–Crippen MR) is 219 cm³/mol. The van der Waals surface area contributed by atoms with Crippen LogP contribution < -0.4 is 0 Å². The molecule has 0 unspecified atom stereocenters. The van der Waals surface area contributed by atoms with Gasteiger partial charge in [-0.25, -0.2) is 4.98 Å². The molecule has 248 valence electrons. The summed E-state index contributed by atoms with van der Waals surface area (Å²) in [5.74, 6) is 0.626. The maximum Gasteiger partial charge on any atom is 0.227 e. The van der Waals surface area contributed by atoms with Crippen molar-refractivity contribution in [2.24, 2.45) is 0 Å². The van der Waals surface area contributed by atoms with Crippen molar-refractivity contribution < 1.29 is 4.42 Å². The number of aromatic nitrogens is 3. The lowest BCUT2D eigenvalue weighted by Crippen LogP contribution is -1.94. The zero-order valence-corrected chi connectivity index (χ0v) is 28.6. The summed E-state index contributed by atoms with van der Waals surface area (Å²) in [6, 6.07) is 66.8. The second-order valence-electron chi connectivity index (χ2n) is 13.6. The third-order valence-corrected chi connectivity index (χ3v) is 10.6. The molecular formula is C49H31N3O. The van der Waals surface area contributed by atoms with Crippen LogP contribution in [0.15, 0.2) is 192 Å². The highest BCUT2D eigenvalue weighted by Crippen LogP contribution is 2.41. The summed E-state index contributed by atoms with van der Waals surface area (Å²) in [6.45, 7) is 0. The van der Waals surface area contributed by atoms with Gasteiger partial charge in [0.1, 0.15) is 5.52 Å². The maximum atomic E-state index is 6.63. The molecule has 0 N–H and O–H groups in total. The number of fused-ring (bicyclic) bond motifs is 8. The van der Waals surface area contributed by atoms with Crippen LogP contribution in [0, 0.1) is 0 Å². The number of rotatable bonds is 5. The van der Waals surface area contributed by atoms with E-state index < -0.39 is 0 Å². The van der Waals surface area contributed by atoms with Gasteiger partial charge in [-0.2, -0.15) is 0 Å². The van der Waals surface area contributed by atoms with Gasteiger partial charge in [-0.05, 0) is 101 Å². The van der Waals surface area contributed by atoms with Gasteiger partial charge in [-0.3, -0.25) is 0 Å². The van der Waals surface area contributed by atoms with Crippen LogP contribution >= 0.6 is 0 Å². The van der Waals surface area contributed by atoms with Crippen molar-refractivity contribution in [2.45, 2.75) is 0 Å². The minimum Gasteiger partial charge on any atom is -0.435 e. The molecule has 8 aromatic carbocycles. The summed E-state index contributed by atoms with van der Waals surface area (Å²) in [4.78, 5) is 4.93. The SMILES string of the molecule is c1ccc(-c2ccc(-n3c4ccccc4c4cc(-c5ccc6c(c5)c5c7oc(-c8ccccc8)nc7ccc5n6-c5ccccc5)ccc43)cc2)cc1. The van der Waals surface area contributed by atoms with Gasteiger partial charge in [0.25, 0.3) is 0 Å². The Kier molecular flexibility index (Phi) is 6.52. The van der Waals surface area contributed by atoms with Crippen molar-refractivity contribution >= 4 is 54.7 Å². The molecule has 0 bridgehead atoms. The van der Waals surface area contributed by atoms with E-state index in [4.69, 9.17) is 9.40 Å². The molecule has 0 saturated carbocycles. The Morgan fingerprint density at radius 1 is 0.358 bits per heavy atom. The number of nitrogens with zero attached hydrogens (tertiary/aromatic N) is 3. The van der Waals surface area contributed by atoms with E-state index >= 15 is 0 Å². The molecular weight excluding hydrogens is 647 g/mol. The molecule has 0 aliphatic rings. The first-order valence-corrected chi connectivity index (χ1v) is 18.0. The standard InChI is InChI=1S/C49H31N3O/c1-4-12-32(13-5-1)33-20-24-38(25-21-33)51-43-19-11-10-18-39(43)40-30-35(22-27-44(40)51)36-23-28-45-41(31-36)47-46(52(45)37-16-8-3-9-17-37)29-26-42-48(47)53-49(50-42)34-14-6-2-7-15-34/h1-31H. The van der Waals surface area contributed by atoms with Crippen LogP contribution in [0.5, 0.6) is 0 Å². The van der Waals surface area contributed by atoms with Crippen LogP contribution in [0.1, 0.15) is 0 Å². The summed E-state index contributed by atoms with van der Waals surface area (Å²) >= 11 is 0. The van der Waals surface area contributed by atoms with E-state index in [1.807, 2.05) is 30.3 Å². The van der Waals surface area contributed by atoms with Gasteiger partial charge in [0, 0.05) is 33.1 Å². The summed E-state index contributed by atoms with van der Waals surface area (Å²) in [6.07, 6.45) is 0. The third kappa shape index (κ3) is 4.66. The predicted octanol–water partition coefficient (Wildman–Crippen LogP) is 13.0. The first-order valence-electron chi connectivity index (χ1n) is 18.0. The lowest BCUT2D eigenvalue weighted by atomic mass is 10.0. The normalized spacial score (nSPS) is 11.8. The largest absolute Gasteiger partial charge is 0.435 e. The van der Waals surface area contributed by atoms with E-state index in [9.17, 15) is 0 Å². The average Bonchev–Trinajstić information content (AvgIpc) is 3.92. The molecule has 3 heterocycles. The molecule has 0 aliphatic heterocycles. The van der Waals surface area contributed by atoms with E-state index in [0.29, 0.717) is 5.89 Å². The lowest BCUT2D eigenvalue weighted by Gasteiger charge is -2.10. The number of para-hydroxylation sites is 2. The van der Waals surface area contributed by atoms with Crippen molar-refractivity contribution in [3.63, 3.8) is 0 Å². The number of benzene rings is 8. The van der Waals surface area contributed by atoms with Crippen molar-refractivity contribution in [1.29, 1.82) is 0 Å². The van der Waals surface area contributed by atoms with Gasteiger partial charge in [0.05, 0.1) is 27.5 Å². The topological polar surface area (TPSA) is 35.9 Å². The Bertz CT molecular complexity index is 3130. The van der Waals surface area contributed by atoms with Crippen molar-refractivity contribution in [2.75, 3.05) is 0 Å². The maximum absolute atomic E-state index is 6.63. The van der Waals surface area contributed by atoms with E-state index in [1.54, 1.807) is 0 Å². The van der Waals surface area contributed by atoms with Crippen molar-refractivity contribution in [3.8, 4) is 45.1 Å². The first-order chi connectivity index (χ1) is 26.3. The van der Waals surface area contributed by atoms with Gasteiger partial charge in [-0.1, -0.05) is 109 Å². The average molecular weight is 678 g/mol. The summed E-state index contributed by atoms with van der Waals surface area (Å²) in [7, 11) is 0. The van der Waals surface area contributed by atoms with Crippen LogP contribution in [0.25, 0.3) is 99.8 Å². The second kappa shape index (κ2) is 11.7. The molecule has 53 heavy (non-hydrogen) atoms. The summed E-state index contributed by atoms with van der Waals surface area (Å²) in [5.41, 5.74) is 14.2. The highest BCUT2D eigenvalue weighted by atomic mass is 16.3. The Labute approximate surface area is 305 Å². The Hall–Kier alpha value is -7.17. The van der Waals surface area contributed by atoms with Gasteiger partial charge < -0.3 is 13.6 Å². The van der Waals surface area contributed by atoms with E-state index in [1.165, 1.54) is 32.9 Å². The van der Waals surface area contributed by atoms with Gasteiger partial charge in [-0.15, -0.1) is 0 Å². The van der Waals surface area contributed by atoms with Crippen molar-refractivity contribution in [3.05, 3.63) is 188 Å². The molecule has 4 nitrogen and oxygen atoms in total. The number of oxazole rings is 1. The fourth-order valence-electron chi connectivity index (χ4n) is 8.09. The Morgan fingerprint density at radius 3 is 1.60 bits per heavy atom. The van der Waals surface area contributed by atoms with Gasteiger partial charge in [0.15, 0.2) is 5.58 Å². The van der Waals surface area contributed by atoms with Crippen LogP contribution in [-0.4, -0.2) is 14.1 Å². The van der Waals surface area contributed by atoms with E-state index in [-0.39, 0.29) is 0 Å². The molecule has 11 rings (SSSR count).